The van der Waals surface area contributed by atoms with Crippen molar-refractivity contribution in [1.29, 1.82) is 0 Å². The van der Waals surface area contributed by atoms with E-state index in [1.165, 1.54) is 35.1 Å². The second-order valence-electron chi connectivity index (χ2n) is 23.1. The van der Waals surface area contributed by atoms with E-state index in [1.54, 1.807) is 12.1 Å². The summed E-state index contributed by atoms with van der Waals surface area (Å²) in [6.07, 6.45) is 10.8. The molecule has 0 atom stereocenters. The van der Waals surface area contributed by atoms with Crippen LogP contribution in [-0.2, 0) is 27.5 Å². The minimum Gasteiger partial charge on any atom is -0.325 e. The molecule has 18 rings (SSSR count). The fourth-order valence-electron chi connectivity index (χ4n) is 12.6. The third-order valence-corrected chi connectivity index (χ3v) is 16.6. The predicted molar refractivity (Wildman–Crippen MR) is 299 cm³/mol. The van der Waals surface area contributed by atoms with Gasteiger partial charge in [-0.3, -0.25) is 19.2 Å². The Bertz CT molecular complexity index is 3120. The third-order valence-electron chi connectivity index (χ3n) is 16.6. The van der Waals surface area contributed by atoms with Crippen LogP contribution in [0, 0.1) is 55.4 Å². The van der Waals surface area contributed by atoms with E-state index in [2.05, 4.69) is 146 Å². The van der Waals surface area contributed by atoms with Crippen LogP contribution in [-0.4, -0.2) is 23.6 Å². The summed E-state index contributed by atoms with van der Waals surface area (Å²) in [5, 5.41) is 13.1. The summed E-state index contributed by atoms with van der Waals surface area (Å²) in [4.78, 5) is 57.0. The standard InChI is InChI=1S/C65H74N4O4/c1-38-25-51-26-39(2)56(38)66-55(70)34-46-19-18-20-47(33-46)60(71)67-57-40(3)27-52(28-41(57)4)65(23-16-13-17-24-65)54-31-44(7)59(45(8)32-54)69-62(73)49-35-48(36-50(37-49)63(9,10)11)61(72)68-58-42(5)29-53(30-43(58)6)64(51)21-14-12-15-22-64/h18-20,25-33,35-37H,12-17,21-24,34H2,1-11H3,(H,66,70)(H,67,71)(H,68,72)(H,69,73). The topological polar surface area (TPSA) is 116 Å². The van der Waals surface area contributed by atoms with Crippen LogP contribution in [0.3, 0.4) is 0 Å². The van der Waals surface area contributed by atoms with Crippen molar-refractivity contribution in [3.63, 3.8) is 0 Å². The summed E-state index contributed by atoms with van der Waals surface area (Å²) in [5.41, 5.74) is 18.1. The average Bonchev–Trinajstić information content (AvgIpc) is 3.35. The number of benzene rings is 6. The first kappa shape index (κ1) is 51.1. The second kappa shape index (κ2) is 19.9. The summed E-state index contributed by atoms with van der Waals surface area (Å²) in [6.45, 7) is 22.9. The van der Waals surface area contributed by atoms with Gasteiger partial charge in [-0.25, -0.2) is 0 Å². The Morgan fingerprint density at radius 3 is 1.05 bits per heavy atom. The van der Waals surface area contributed by atoms with Gasteiger partial charge in [0.2, 0.25) is 5.91 Å². The number of anilines is 4. The Kier molecular flexibility index (Phi) is 13.9. The van der Waals surface area contributed by atoms with Crippen LogP contribution in [0.4, 0.5) is 22.7 Å². The van der Waals surface area contributed by atoms with Gasteiger partial charge in [0.1, 0.15) is 0 Å². The quantitative estimate of drug-likeness (QED) is 0.121. The SMILES string of the molecule is Cc1cc2cc(C)c1NC(=O)Cc1cccc(c1)C(=O)Nc1c(C)cc(cc1C)C1(CCCCC1)c1cc(C)c(c(C)c1)NC(=O)c1cc(cc(C(C)(C)C)c1)C(=O)Nc1c(C)cc(cc1C)C21CCCCC1. The van der Waals surface area contributed by atoms with E-state index in [0.29, 0.717) is 16.7 Å². The van der Waals surface area contributed by atoms with Gasteiger partial charge in [-0.15, -0.1) is 0 Å². The lowest BCUT2D eigenvalue weighted by atomic mass is 9.64. The number of nitrogens with one attached hydrogen (secondary N) is 4. The smallest absolute Gasteiger partial charge is 0.255 e. The average molecular weight is 975 g/mol. The van der Waals surface area contributed by atoms with E-state index in [9.17, 15) is 19.2 Å². The number of hydrogen-bond donors (Lipinski definition) is 4. The van der Waals surface area contributed by atoms with Crippen molar-refractivity contribution in [3.8, 4) is 0 Å². The van der Waals surface area contributed by atoms with Gasteiger partial charge in [0.15, 0.2) is 0 Å². The number of rotatable bonds is 0. The van der Waals surface area contributed by atoms with E-state index in [-0.39, 0.29) is 46.3 Å². The van der Waals surface area contributed by atoms with E-state index < -0.39 is 0 Å². The molecule has 12 aliphatic rings. The van der Waals surface area contributed by atoms with E-state index >= 15 is 0 Å². The summed E-state index contributed by atoms with van der Waals surface area (Å²) in [5.74, 6) is -0.890. The van der Waals surface area contributed by atoms with Crippen molar-refractivity contribution in [2.75, 3.05) is 21.3 Å². The minimum atomic E-state index is -0.337. The molecule has 0 radical (unpaired) electrons. The summed E-state index contributed by atoms with van der Waals surface area (Å²) < 4.78 is 0. The lowest BCUT2D eigenvalue weighted by molar-refractivity contribution is -0.115. The van der Waals surface area contributed by atoms with Gasteiger partial charge >= 0.3 is 0 Å². The van der Waals surface area contributed by atoms with Crippen molar-refractivity contribution in [3.05, 3.63) is 186 Å². The van der Waals surface area contributed by atoms with Gasteiger partial charge in [-0.05, 0) is 195 Å². The molecule has 0 saturated heterocycles. The van der Waals surface area contributed by atoms with Gasteiger partial charge in [-0.1, -0.05) is 120 Å². The van der Waals surface area contributed by atoms with Gasteiger partial charge in [0.25, 0.3) is 17.7 Å². The molecule has 6 aromatic rings. The lowest BCUT2D eigenvalue weighted by Crippen LogP contribution is -2.31. The first-order chi connectivity index (χ1) is 34.6. The van der Waals surface area contributed by atoms with Crippen LogP contribution >= 0.6 is 0 Å². The summed E-state index contributed by atoms with van der Waals surface area (Å²) >= 11 is 0. The Labute approximate surface area is 433 Å². The molecule has 0 aromatic heterocycles. The van der Waals surface area contributed by atoms with Crippen LogP contribution in [0.1, 0.15) is 194 Å². The molecule has 8 heteroatoms. The highest BCUT2D eigenvalue weighted by molar-refractivity contribution is 6.10. The van der Waals surface area contributed by atoms with Crippen LogP contribution < -0.4 is 21.3 Å². The fourth-order valence-corrected chi connectivity index (χ4v) is 12.6. The highest BCUT2D eigenvalue weighted by atomic mass is 16.2. The summed E-state index contributed by atoms with van der Waals surface area (Å²) in [6, 6.07) is 30.9. The number of aryl methyl sites for hydroxylation is 8. The molecular weight excluding hydrogens is 901 g/mol. The number of hydrogen-bond acceptors (Lipinski definition) is 4. The predicted octanol–water partition coefficient (Wildman–Crippen LogP) is 15.2. The van der Waals surface area contributed by atoms with Gasteiger partial charge < -0.3 is 21.3 Å². The molecule has 4 N–H and O–H groups in total. The zero-order valence-electron chi connectivity index (χ0n) is 45.1. The number of carbonyl (C=O) groups excluding carboxylic acids is 4. The number of carbonyl (C=O) groups is 4. The van der Waals surface area contributed by atoms with Crippen LogP contribution in [0.15, 0.2) is 91.0 Å². The van der Waals surface area contributed by atoms with E-state index in [1.807, 2.05) is 30.3 Å². The largest absolute Gasteiger partial charge is 0.325 e. The van der Waals surface area contributed by atoms with Crippen molar-refractivity contribution in [2.45, 2.75) is 163 Å². The Balaban J connectivity index is 1.15. The van der Waals surface area contributed by atoms with Gasteiger partial charge in [0, 0.05) is 50.3 Å². The van der Waals surface area contributed by atoms with Crippen molar-refractivity contribution < 1.29 is 19.2 Å². The highest BCUT2D eigenvalue weighted by Gasteiger charge is 2.39. The first-order valence-corrected chi connectivity index (χ1v) is 26.6. The molecule has 8 nitrogen and oxygen atoms in total. The van der Waals surface area contributed by atoms with E-state index in [4.69, 9.17) is 0 Å². The molecule has 10 aliphatic heterocycles. The van der Waals surface area contributed by atoms with Crippen LogP contribution in [0.2, 0.25) is 0 Å². The normalized spacial score (nSPS) is 17.1. The highest BCUT2D eigenvalue weighted by Crippen LogP contribution is 2.49. The molecule has 73 heavy (non-hydrogen) atoms. The third kappa shape index (κ3) is 10.0. The molecule has 10 heterocycles. The molecule has 2 fully saturated rings. The fraction of sp³-hybridized carbons (Fsp3) is 0.385. The zero-order chi connectivity index (χ0) is 52.1. The van der Waals surface area contributed by atoms with E-state index in [0.717, 1.165) is 130 Å². The van der Waals surface area contributed by atoms with Crippen LogP contribution in [0.5, 0.6) is 0 Å². The monoisotopic (exact) mass is 975 g/mol. The maximum atomic E-state index is 14.5. The molecule has 0 unspecified atom stereocenters. The van der Waals surface area contributed by atoms with Gasteiger partial charge in [-0.2, -0.15) is 0 Å². The molecule has 2 saturated carbocycles. The molecule has 4 amide bonds. The molecule has 2 aliphatic carbocycles. The molecule has 12 bridgehead atoms. The minimum absolute atomic E-state index is 0.122. The van der Waals surface area contributed by atoms with Crippen molar-refractivity contribution >= 4 is 46.4 Å². The van der Waals surface area contributed by atoms with Crippen molar-refractivity contribution in [1.82, 2.24) is 0 Å². The number of amides is 4. The molecular formula is C65H74N4O4. The van der Waals surface area contributed by atoms with Gasteiger partial charge in [0.05, 0.1) is 6.42 Å². The zero-order valence-corrected chi connectivity index (χ0v) is 45.1. The summed E-state index contributed by atoms with van der Waals surface area (Å²) in [7, 11) is 0. The maximum Gasteiger partial charge on any atom is 0.255 e. The molecule has 378 valence electrons. The Morgan fingerprint density at radius 2 is 0.712 bits per heavy atom. The maximum absolute atomic E-state index is 14.5. The molecule has 2 spiro atoms. The first-order valence-electron chi connectivity index (χ1n) is 26.6. The Hall–Kier alpha value is -6.80. The lowest BCUT2D eigenvalue weighted by Gasteiger charge is -2.40. The molecule has 6 aromatic carbocycles. The van der Waals surface area contributed by atoms with Crippen LogP contribution in [0.25, 0.3) is 0 Å². The second-order valence-corrected chi connectivity index (χ2v) is 23.1. The van der Waals surface area contributed by atoms with Crippen molar-refractivity contribution in [2.24, 2.45) is 0 Å². The Morgan fingerprint density at radius 1 is 0.384 bits per heavy atom.